The summed E-state index contributed by atoms with van der Waals surface area (Å²) in [6.07, 6.45) is 9.01. The van der Waals surface area contributed by atoms with Gasteiger partial charge in [-0.1, -0.05) is 30.3 Å². The Kier molecular flexibility index (Phi) is 5.36. The van der Waals surface area contributed by atoms with Crippen LogP contribution in [0.2, 0.25) is 0 Å². The molecule has 5 fully saturated rings. The van der Waals surface area contributed by atoms with E-state index in [4.69, 9.17) is 0 Å². The monoisotopic (exact) mass is 428 g/mol. The number of Topliss-reactive ketones (excluding diaryl/α,β-unsaturated/α-hetero) is 1. The maximum atomic E-state index is 13.3. The van der Waals surface area contributed by atoms with E-state index in [1.807, 2.05) is 30.3 Å². The molecule has 6 heteroatoms. The molecule has 0 amide bonds. The number of rotatable bonds is 6. The van der Waals surface area contributed by atoms with E-state index < -0.39 is 10.0 Å². The van der Waals surface area contributed by atoms with E-state index in [1.165, 1.54) is 29.0 Å². The van der Waals surface area contributed by atoms with Crippen LogP contribution >= 0.6 is 0 Å². The summed E-state index contributed by atoms with van der Waals surface area (Å²) < 4.78 is 26.9. The largest absolute Gasteiger partial charge is 0.298 e. The summed E-state index contributed by atoms with van der Waals surface area (Å²) in [6.45, 7) is 2.68. The zero-order chi connectivity index (χ0) is 20.8. The molecule has 5 nitrogen and oxygen atoms in total. The van der Waals surface area contributed by atoms with Gasteiger partial charge in [0.15, 0.2) is 5.78 Å². The topological polar surface area (TPSA) is 57.7 Å². The number of carbonyl (C=O) groups is 1. The molecule has 1 aromatic rings. The van der Waals surface area contributed by atoms with Crippen molar-refractivity contribution in [3.63, 3.8) is 0 Å². The molecule has 0 N–H and O–H groups in total. The first kappa shape index (κ1) is 20.4. The van der Waals surface area contributed by atoms with E-state index in [0.717, 1.165) is 42.6 Å². The third kappa shape index (κ3) is 4.02. The Labute approximate surface area is 180 Å². The van der Waals surface area contributed by atoms with Crippen molar-refractivity contribution in [2.45, 2.75) is 38.5 Å². The third-order valence-corrected chi connectivity index (χ3v) is 9.49. The van der Waals surface area contributed by atoms with Gasteiger partial charge in [-0.15, -0.1) is 0 Å². The van der Waals surface area contributed by atoms with E-state index >= 15 is 0 Å². The second kappa shape index (κ2) is 7.88. The number of ketones is 1. The molecular weight excluding hydrogens is 396 g/mol. The molecule has 4 aliphatic carbocycles. The predicted octanol–water partition coefficient (Wildman–Crippen LogP) is 3.39. The van der Waals surface area contributed by atoms with Gasteiger partial charge in [0.1, 0.15) is 0 Å². The number of sulfonamides is 1. The van der Waals surface area contributed by atoms with Gasteiger partial charge in [0.2, 0.25) is 10.0 Å². The first-order valence-electron chi connectivity index (χ1n) is 11.4. The normalized spacial score (nSPS) is 34.6. The fourth-order valence-corrected chi connectivity index (χ4v) is 7.95. The van der Waals surface area contributed by atoms with E-state index in [1.54, 1.807) is 6.08 Å². The highest BCUT2D eigenvalue weighted by molar-refractivity contribution is 7.92. The number of benzene rings is 1. The molecule has 0 aromatic heterocycles. The number of carbonyl (C=O) groups excluding carboxylic acids is 1. The Morgan fingerprint density at radius 3 is 2.07 bits per heavy atom. The van der Waals surface area contributed by atoms with Crippen molar-refractivity contribution < 1.29 is 13.2 Å². The lowest BCUT2D eigenvalue weighted by Gasteiger charge is -2.56. The molecule has 1 heterocycles. The molecule has 1 saturated heterocycles. The molecule has 0 spiro atoms. The second-order valence-corrected chi connectivity index (χ2v) is 11.9. The first-order valence-corrected chi connectivity index (χ1v) is 12.9. The van der Waals surface area contributed by atoms with Crippen LogP contribution in [0.25, 0.3) is 6.08 Å². The van der Waals surface area contributed by atoms with Gasteiger partial charge in [-0.05, 0) is 67.9 Å². The summed E-state index contributed by atoms with van der Waals surface area (Å²) in [5, 5.41) is 1.30. The van der Waals surface area contributed by atoms with Crippen molar-refractivity contribution in [2.24, 2.45) is 23.2 Å². The molecule has 162 valence electrons. The number of nitrogens with zero attached hydrogens (tertiary/aromatic N) is 2. The Hall–Kier alpha value is -1.50. The van der Waals surface area contributed by atoms with Crippen LogP contribution in [0.1, 0.15) is 44.1 Å². The quantitative estimate of drug-likeness (QED) is 0.697. The van der Waals surface area contributed by atoms with E-state index in [9.17, 15) is 13.2 Å². The summed E-state index contributed by atoms with van der Waals surface area (Å²) in [5.74, 6) is 2.76. The lowest BCUT2D eigenvalue weighted by atomic mass is 9.48. The van der Waals surface area contributed by atoms with Gasteiger partial charge in [-0.25, -0.2) is 8.42 Å². The molecular formula is C24H32N2O3S. The fraction of sp³-hybridized carbons (Fsp3) is 0.625. The van der Waals surface area contributed by atoms with Crippen LogP contribution in [0.15, 0.2) is 35.7 Å². The number of piperazine rings is 1. The average Bonchev–Trinajstić information content (AvgIpc) is 2.72. The van der Waals surface area contributed by atoms with Crippen molar-refractivity contribution in [3.05, 3.63) is 41.3 Å². The Bertz CT molecular complexity index is 882. The van der Waals surface area contributed by atoms with Crippen molar-refractivity contribution in [1.29, 1.82) is 0 Å². The summed E-state index contributed by atoms with van der Waals surface area (Å²) in [5.41, 5.74) is 0.817. The zero-order valence-corrected chi connectivity index (χ0v) is 18.4. The fourth-order valence-electron chi connectivity index (χ4n) is 6.78. The van der Waals surface area contributed by atoms with Crippen molar-refractivity contribution >= 4 is 21.9 Å². The molecule has 4 bridgehead atoms. The molecule has 0 unspecified atom stereocenters. The standard InChI is InChI=1S/C24H32N2O3S/c27-23(24-15-20-12-21(16-24)14-22(13-20)17-24)18-25-7-9-26(10-8-25)30(28,29)11-6-19-4-2-1-3-5-19/h1-6,11,20-22H,7-10,12-18H2/b11-6+. The Balaban J connectivity index is 1.16. The number of hydrogen-bond donors (Lipinski definition) is 0. The molecule has 0 radical (unpaired) electrons. The maximum absolute atomic E-state index is 13.3. The van der Waals surface area contributed by atoms with Crippen molar-refractivity contribution in [2.75, 3.05) is 32.7 Å². The van der Waals surface area contributed by atoms with Crippen molar-refractivity contribution in [1.82, 2.24) is 9.21 Å². The van der Waals surface area contributed by atoms with Crippen molar-refractivity contribution in [3.8, 4) is 0 Å². The SMILES string of the molecule is O=C(CN1CCN(S(=O)(=O)/C=C/c2ccccc2)CC1)C12CC3CC(CC(C3)C1)C2. The minimum atomic E-state index is -3.43. The van der Waals surface area contributed by atoms with Gasteiger partial charge in [0.05, 0.1) is 6.54 Å². The van der Waals surface area contributed by atoms with Crippen LogP contribution < -0.4 is 0 Å². The van der Waals surface area contributed by atoms with Gasteiger partial charge in [0, 0.05) is 37.0 Å². The highest BCUT2D eigenvalue weighted by Gasteiger charge is 2.54. The van der Waals surface area contributed by atoms with Crippen LogP contribution in [0.5, 0.6) is 0 Å². The summed E-state index contributed by atoms with van der Waals surface area (Å²) in [7, 11) is -3.43. The highest BCUT2D eigenvalue weighted by Crippen LogP contribution is 2.60. The van der Waals surface area contributed by atoms with Crippen LogP contribution in [0.3, 0.4) is 0 Å². The first-order chi connectivity index (χ1) is 14.4. The second-order valence-electron chi connectivity index (χ2n) is 10.1. The highest BCUT2D eigenvalue weighted by atomic mass is 32.2. The van der Waals surface area contributed by atoms with Crippen LogP contribution in [-0.4, -0.2) is 56.1 Å². The summed E-state index contributed by atoms with van der Waals surface area (Å²) >= 11 is 0. The van der Waals surface area contributed by atoms with Gasteiger partial charge in [0.25, 0.3) is 0 Å². The van der Waals surface area contributed by atoms with Gasteiger partial charge < -0.3 is 0 Å². The molecule has 30 heavy (non-hydrogen) atoms. The summed E-state index contributed by atoms with van der Waals surface area (Å²) in [6, 6.07) is 9.48. The van der Waals surface area contributed by atoms with E-state index in [-0.39, 0.29) is 5.41 Å². The molecule has 5 aliphatic rings. The molecule has 4 saturated carbocycles. The zero-order valence-electron chi connectivity index (χ0n) is 17.6. The van der Waals surface area contributed by atoms with Crippen LogP contribution in [-0.2, 0) is 14.8 Å². The Morgan fingerprint density at radius 1 is 0.933 bits per heavy atom. The third-order valence-electron chi connectivity index (χ3n) is 7.92. The van der Waals surface area contributed by atoms with E-state index in [0.29, 0.717) is 38.5 Å². The molecule has 1 aromatic carbocycles. The number of hydrogen-bond acceptors (Lipinski definition) is 4. The molecule has 0 atom stereocenters. The predicted molar refractivity (Wildman–Crippen MR) is 118 cm³/mol. The maximum Gasteiger partial charge on any atom is 0.236 e. The summed E-state index contributed by atoms with van der Waals surface area (Å²) in [4.78, 5) is 15.5. The van der Waals surface area contributed by atoms with Gasteiger partial charge >= 0.3 is 0 Å². The molecule has 1 aliphatic heterocycles. The average molecular weight is 429 g/mol. The van der Waals surface area contributed by atoms with E-state index in [2.05, 4.69) is 4.90 Å². The lowest BCUT2D eigenvalue weighted by molar-refractivity contribution is -0.145. The Morgan fingerprint density at radius 2 is 1.50 bits per heavy atom. The smallest absolute Gasteiger partial charge is 0.236 e. The van der Waals surface area contributed by atoms with Gasteiger partial charge in [-0.3, -0.25) is 9.69 Å². The van der Waals surface area contributed by atoms with Crippen LogP contribution in [0.4, 0.5) is 0 Å². The minimum Gasteiger partial charge on any atom is -0.298 e. The lowest BCUT2D eigenvalue weighted by Crippen LogP contribution is -2.55. The van der Waals surface area contributed by atoms with Gasteiger partial charge in [-0.2, -0.15) is 4.31 Å². The molecule has 6 rings (SSSR count). The van der Waals surface area contributed by atoms with Crippen LogP contribution in [0, 0.1) is 23.2 Å². The minimum absolute atomic E-state index is 0.0591.